The van der Waals surface area contributed by atoms with E-state index in [0.717, 1.165) is 25.8 Å². The SMILES string of the molecule is C/C=C(\NC(=O)[C@@H](NC(=O)[C@H](CC(C)C)NC(=O)[C@@H](CCC(N)=O)NC(=O)[C@H](NC(=O)[C@@H](NC(=O)[C@H](CC(C)C)NC(=O)[C@H](CO)NC(=O)[C@@H](NC(=O)[C@@H](CC(C)C)NC(=O)[C@H](CO)NC(=O)[C@H]1CCCN1C(=O)/C(=C/C)NC(=O)C[C@H](O)CCCCC)C(C)C)C(C)C)C(C)C)C(C)C)C(=O)N[C@@H](C(=O)N[C@H](C(=O)N[C@@H](CCO)C(=O)N[C@@H](CCN)C(=O)N[C@H](CCCCN)C(=O)O)[C@H](C)CC)[C@H](C)O. The molecule has 1 fully saturated rings. The Morgan fingerprint density at radius 3 is 1.15 bits per heavy atom. The summed E-state index contributed by atoms with van der Waals surface area (Å²) in [4.78, 5) is 279. The van der Waals surface area contributed by atoms with Crippen molar-refractivity contribution < 1.29 is 127 Å². The van der Waals surface area contributed by atoms with Crippen LogP contribution in [0, 0.1) is 47.3 Å². The number of amides is 19. The molecule has 1 aliphatic heterocycles. The van der Waals surface area contributed by atoms with Crippen LogP contribution in [0.1, 0.15) is 254 Å². The Balaban J connectivity index is 3.48. The van der Waals surface area contributed by atoms with Crippen molar-refractivity contribution in [2.24, 2.45) is 64.5 Å². The Labute approximate surface area is 826 Å². The van der Waals surface area contributed by atoms with Gasteiger partial charge in [-0.25, -0.2) is 4.79 Å². The molecule has 19 atom stereocenters. The highest BCUT2D eigenvalue weighted by Gasteiger charge is 2.44. The number of unbranched alkanes of at least 4 members (excludes halogenated alkanes) is 3. The fourth-order valence-electron chi connectivity index (χ4n) is 15.1. The van der Waals surface area contributed by atoms with Crippen LogP contribution in [0.5, 0.6) is 0 Å². The predicted octanol–water partition coefficient (Wildman–Crippen LogP) is -4.00. The molecule has 47 nitrogen and oxygen atoms in total. The molecule has 1 aliphatic rings. The van der Waals surface area contributed by atoms with E-state index in [1.165, 1.54) is 38.7 Å². The third-order valence-electron chi connectivity index (χ3n) is 23.5. The number of aliphatic hydroxyl groups excluding tert-OH is 5. The lowest BCUT2D eigenvalue weighted by atomic mass is 9.97. The number of carboxylic acid groups (broad SMARTS) is 1. The molecule has 1 rings (SSSR count). The van der Waals surface area contributed by atoms with E-state index in [1.54, 1.807) is 96.9 Å². The highest BCUT2D eigenvalue weighted by atomic mass is 16.4. The van der Waals surface area contributed by atoms with Gasteiger partial charge in [-0.3, -0.25) is 91.1 Å². The zero-order valence-electron chi connectivity index (χ0n) is 85.7. The van der Waals surface area contributed by atoms with E-state index in [0.29, 0.717) is 32.1 Å². The number of hydrogen-bond donors (Lipinski definition) is 26. The molecule has 0 unspecified atom stereocenters. The van der Waals surface area contributed by atoms with Gasteiger partial charge < -0.3 is 143 Å². The Kier molecular flexibility index (Phi) is 59.4. The maximum atomic E-state index is 14.6. The van der Waals surface area contributed by atoms with Crippen LogP contribution in [0.2, 0.25) is 0 Å². The Bertz CT molecular complexity index is 4200. The molecule has 141 heavy (non-hydrogen) atoms. The number of hydrogen-bond acceptors (Lipinski definition) is 27. The summed E-state index contributed by atoms with van der Waals surface area (Å²) in [5.74, 6) is -24.1. The van der Waals surface area contributed by atoms with E-state index < -0.39 is 301 Å². The first-order valence-corrected chi connectivity index (χ1v) is 49.0. The number of carboxylic acids is 1. The standard InChI is InChI=1S/C94H165N21O26/c1-21-25-26-30-56(120)44-70(122)98-58(24-4)93(139)115-39-29-32-68(115)86(132)107-66(45-117)84(130)105-64(42-48(7)8)82(128)110-72(51(13)14)89(135)108-67(46-118)85(131)106-65(43-49(9)10)83(129)111-74(53(17)18)90(136)112-73(52(15)16)88(134)101-59(33-34-69(97)121)78(124)104-63(41-47(5)6)81(127)109-71(50(11)12)87(133)99-57(23-3)77(123)114-76(55(20)119)92(138)113-75(54(19)22-2)91(137)102-61(36-40-116)80(126)100-60(35-38-96)79(125)103-62(94(140)141)31-27-28-37-95/h23-24,47-56,59-68,71-76,116-120H,21-22,25-46,95-96H2,1-20H3,(H2,97,121)(H,98,122)(H,99,133)(H,100,126)(H,101,134)(H,102,137)(H,103,125)(H,104,124)(H,105,130)(H,106,131)(H,107,132)(H,108,135)(H,109,127)(H,110,128)(H,111,129)(H,112,136)(H,113,138)(H,114,123)(H,140,141)/b57-23-,58-24-/t54-,55+,56-,59-,60+,61+,62-,63+,64-,65+,66+,67+,68-,71+,72+,73-,74+,75+,76-/m1/s1. The van der Waals surface area contributed by atoms with Gasteiger partial charge in [0.05, 0.1) is 31.8 Å². The van der Waals surface area contributed by atoms with Gasteiger partial charge in [0.25, 0.3) is 11.8 Å². The lowest BCUT2D eigenvalue weighted by Gasteiger charge is -2.31. The van der Waals surface area contributed by atoms with Crippen molar-refractivity contribution in [3.8, 4) is 0 Å². The molecule has 0 aromatic rings. The molecule has 0 aliphatic carbocycles. The lowest BCUT2D eigenvalue weighted by Crippen LogP contribution is -2.62. The molecule has 29 N–H and O–H groups in total. The number of nitrogens with two attached hydrogens (primary N) is 3. The first kappa shape index (κ1) is 128. The summed E-state index contributed by atoms with van der Waals surface area (Å²) in [6.45, 7) is 29.4. The van der Waals surface area contributed by atoms with Crippen molar-refractivity contribution in [3.63, 3.8) is 0 Å². The maximum Gasteiger partial charge on any atom is 0.326 e. The first-order chi connectivity index (χ1) is 66.1. The lowest BCUT2D eigenvalue weighted by molar-refractivity contribution is -0.142. The zero-order chi connectivity index (χ0) is 108. The van der Waals surface area contributed by atoms with Crippen molar-refractivity contribution >= 4 is 118 Å². The number of aliphatic hydroxyl groups is 5. The van der Waals surface area contributed by atoms with Gasteiger partial charge in [0, 0.05) is 19.6 Å². The van der Waals surface area contributed by atoms with Crippen LogP contribution < -0.4 is 108 Å². The molecule has 0 aromatic heterocycles. The quantitative estimate of drug-likeness (QED) is 0.0204. The highest BCUT2D eigenvalue weighted by molar-refractivity contribution is 6.05. The summed E-state index contributed by atoms with van der Waals surface area (Å²) in [7, 11) is 0. The number of rotatable bonds is 67. The minimum absolute atomic E-state index is 0.0258. The van der Waals surface area contributed by atoms with Crippen LogP contribution in [0.3, 0.4) is 0 Å². The molecule has 1 saturated heterocycles. The molecular formula is C94H165N21O26. The zero-order valence-corrected chi connectivity index (χ0v) is 85.7. The second kappa shape index (κ2) is 65.6. The number of allylic oxidation sites excluding steroid dienone is 2. The van der Waals surface area contributed by atoms with Crippen molar-refractivity contribution in [2.75, 3.05) is 39.5 Å². The summed E-state index contributed by atoms with van der Waals surface area (Å²) < 4.78 is 0. The average Bonchev–Trinajstić information content (AvgIpc) is 1.69. The molecule has 0 aromatic carbocycles. The van der Waals surface area contributed by atoms with E-state index in [2.05, 4.69) is 90.4 Å². The largest absolute Gasteiger partial charge is 0.480 e. The number of likely N-dealkylation sites (tertiary alicyclic amines) is 1. The van der Waals surface area contributed by atoms with E-state index in [9.17, 15) is 127 Å². The molecule has 0 saturated carbocycles. The van der Waals surface area contributed by atoms with Gasteiger partial charge in [0.1, 0.15) is 108 Å². The van der Waals surface area contributed by atoms with Crippen molar-refractivity contribution in [2.45, 2.75) is 363 Å². The van der Waals surface area contributed by atoms with Crippen LogP contribution in [-0.4, -0.2) is 302 Å². The number of carbonyl (C=O) groups excluding carboxylic acids is 19. The van der Waals surface area contributed by atoms with Crippen LogP contribution in [0.25, 0.3) is 0 Å². The van der Waals surface area contributed by atoms with Crippen molar-refractivity contribution in [1.82, 2.24) is 95.3 Å². The van der Waals surface area contributed by atoms with Crippen molar-refractivity contribution in [1.29, 1.82) is 0 Å². The van der Waals surface area contributed by atoms with Gasteiger partial charge in [-0.1, -0.05) is 156 Å². The molecule has 47 heteroatoms. The highest BCUT2D eigenvalue weighted by Crippen LogP contribution is 2.23. The summed E-state index contributed by atoms with van der Waals surface area (Å²) in [6, 6.07) is -24.2. The van der Waals surface area contributed by atoms with E-state index in [4.69, 9.17) is 17.2 Å². The van der Waals surface area contributed by atoms with Gasteiger partial charge in [0.15, 0.2) is 0 Å². The number of aliphatic carboxylic acids is 1. The fraction of sp³-hybridized carbons (Fsp3) is 0.745. The minimum atomic E-state index is -1.85. The van der Waals surface area contributed by atoms with Gasteiger partial charge in [-0.15, -0.1) is 0 Å². The smallest absolute Gasteiger partial charge is 0.326 e. The summed E-state index contributed by atoms with van der Waals surface area (Å²) in [6.07, 6.45) is 2.27. The van der Waals surface area contributed by atoms with E-state index in [1.807, 2.05) is 6.92 Å². The van der Waals surface area contributed by atoms with Crippen LogP contribution in [0.4, 0.5) is 0 Å². The topological polar surface area (TPSA) is 749 Å². The van der Waals surface area contributed by atoms with E-state index >= 15 is 0 Å². The fourth-order valence-corrected chi connectivity index (χ4v) is 15.1. The first-order valence-electron chi connectivity index (χ1n) is 49.0. The van der Waals surface area contributed by atoms with E-state index in [-0.39, 0.29) is 94.5 Å². The number of carbonyl (C=O) groups is 20. The number of primary amides is 1. The number of nitrogens with one attached hydrogen (secondary N) is 17. The van der Waals surface area contributed by atoms with Gasteiger partial charge >= 0.3 is 5.97 Å². The third kappa shape index (κ3) is 45.2. The Morgan fingerprint density at radius 1 is 0.383 bits per heavy atom. The predicted molar refractivity (Wildman–Crippen MR) is 520 cm³/mol. The van der Waals surface area contributed by atoms with Crippen molar-refractivity contribution in [3.05, 3.63) is 23.5 Å². The summed E-state index contributed by atoms with van der Waals surface area (Å²) >= 11 is 0. The molecule has 0 spiro atoms. The minimum Gasteiger partial charge on any atom is -0.480 e. The molecule has 1 heterocycles. The van der Waals surface area contributed by atoms with Gasteiger partial charge in [-0.05, 0) is 158 Å². The second-order valence-electron chi connectivity index (χ2n) is 38.5. The average molecular weight is 2010 g/mol. The number of nitrogens with zero attached hydrogens (tertiary/aromatic N) is 1. The summed E-state index contributed by atoms with van der Waals surface area (Å²) in [5, 5.41) is 105. The van der Waals surface area contributed by atoms with Crippen LogP contribution in [0.15, 0.2) is 23.5 Å². The van der Waals surface area contributed by atoms with Gasteiger partial charge in [-0.2, -0.15) is 0 Å². The normalized spacial score (nSPS) is 16.7. The monoisotopic (exact) mass is 2000 g/mol. The Hall–Kier alpha value is -11.4. The molecule has 0 bridgehead atoms. The Morgan fingerprint density at radius 2 is 0.752 bits per heavy atom. The van der Waals surface area contributed by atoms with Crippen LogP contribution in [-0.2, 0) is 95.9 Å². The molecule has 19 amide bonds. The van der Waals surface area contributed by atoms with Gasteiger partial charge in [0.2, 0.25) is 100 Å². The summed E-state index contributed by atoms with van der Waals surface area (Å²) in [5.41, 5.74) is 16.2. The maximum absolute atomic E-state index is 14.6. The third-order valence-corrected chi connectivity index (χ3v) is 23.5. The second-order valence-corrected chi connectivity index (χ2v) is 38.5. The molecule has 802 valence electrons. The molecule has 0 radical (unpaired) electrons. The molecular weight excluding hydrogens is 1840 g/mol. The van der Waals surface area contributed by atoms with Crippen LogP contribution >= 0.6 is 0 Å².